The van der Waals surface area contributed by atoms with Gasteiger partial charge in [-0.1, -0.05) is 125 Å². The van der Waals surface area contributed by atoms with Crippen LogP contribution in [0.1, 0.15) is 49.9 Å². The third kappa shape index (κ3) is 3.33. The summed E-state index contributed by atoms with van der Waals surface area (Å²) in [5.41, 5.74) is 11.6. The summed E-state index contributed by atoms with van der Waals surface area (Å²) in [6, 6.07) is 41.3. The van der Waals surface area contributed by atoms with Gasteiger partial charge in [-0.25, -0.2) is 0 Å². The summed E-state index contributed by atoms with van der Waals surface area (Å²) >= 11 is 0. The molecule has 0 aliphatic heterocycles. The second-order valence-electron chi connectivity index (χ2n) is 11.4. The van der Waals surface area contributed by atoms with Gasteiger partial charge in [0, 0.05) is 16.2 Å². The second kappa shape index (κ2) is 10.1. The molecule has 0 amide bonds. The van der Waals surface area contributed by atoms with Crippen molar-refractivity contribution in [2.24, 2.45) is 0 Å². The molecule has 0 saturated heterocycles. The van der Waals surface area contributed by atoms with Crippen LogP contribution in [0.3, 0.4) is 0 Å². The third-order valence-corrected chi connectivity index (χ3v) is 9.67. The molecule has 8 aromatic rings. The molecule has 0 unspecified atom stereocenters. The maximum absolute atomic E-state index is 10.1. The van der Waals surface area contributed by atoms with Gasteiger partial charge in [-0.3, -0.25) is 0 Å². The summed E-state index contributed by atoms with van der Waals surface area (Å²) in [4.78, 5) is 0. The lowest BCUT2D eigenvalue weighted by Crippen LogP contribution is -2.30. The molecule has 1 heterocycles. The molecule has 0 bridgehead atoms. The third-order valence-electron chi connectivity index (χ3n) is 9.67. The molecule has 1 aromatic heterocycles. The first-order valence-corrected chi connectivity index (χ1v) is 16.0. The Morgan fingerprint density at radius 2 is 1.02 bits per heavy atom. The number of furan rings is 1. The van der Waals surface area contributed by atoms with Crippen molar-refractivity contribution in [3.63, 3.8) is 0 Å². The van der Waals surface area contributed by atoms with E-state index in [0.717, 1.165) is 32.5 Å². The highest BCUT2D eigenvalue weighted by Crippen LogP contribution is 2.63. The van der Waals surface area contributed by atoms with Crippen LogP contribution in [0.5, 0.6) is 0 Å². The van der Waals surface area contributed by atoms with Crippen molar-refractivity contribution < 1.29 is 14.5 Å². The number of hydrogen-bond donors (Lipinski definition) is 2. The van der Waals surface area contributed by atoms with E-state index in [1.807, 2.05) is 45.9 Å². The Kier molecular flexibility index (Phi) is 6.18. The van der Waals surface area contributed by atoms with Gasteiger partial charge in [0.25, 0.3) is 0 Å². The number of benzene rings is 7. The highest BCUT2D eigenvalue weighted by Gasteiger charge is 2.51. The van der Waals surface area contributed by atoms with Crippen molar-refractivity contribution in [3.8, 4) is 22.3 Å². The van der Waals surface area contributed by atoms with E-state index < -0.39 is 12.5 Å². The Balaban J connectivity index is 0.000000725. The first-order valence-electron chi connectivity index (χ1n) is 16.0. The highest BCUT2D eigenvalue weighted by atomic mass is 16.4. The Morgan fingerprint density at radius 1 is 0.489 bits per heavy atom. The normalized spacial score (nSPS) is 13.3. The van der Waals surface area contributed by atoms with Crippen LogP contribution >= 0.6 is 0 Å². The molecule has 2 N–H and O–H groups in total. The first kappa shape index (κ1) is 27.6. The summed E-state index contributed by atoms with van der Waals surface area (Å²) in [7, 11) is -1.61. The molecule has 2 aliphatic carbocycles. The van der Waals surface area contributed by atoms with Crippen molar-refractivity contribution in [2.75, 3.05) is 0 Å². The Hall–Kier alpha value is -4.90. The standard InChI is InChI=1S/C37H21BO3.2C2H6/c39-38(40)32-17-16-24-25-18-27-22-10-3-6-14-30(22)37(28-12-4-1-8-20(28)21-9-2-5-13-29(21)37)31(27)19-26(25)23-11-7-15-33-34(23)35(24)36(32)41-33;2*1-2/h1-19,39-40H;2*1-2H3. The molecule has 0 saturated carbocycles. The fourth-order valence-corrected chi connectivity index (χ4v) is 8.18. The van der Waals surface area contributed by atoms with Crippen LogP contribution in [0, 0.1) is 0 Å². The molecule has 3 nitrogen and oxygen atoms in total. The Morgan fingerprint density at radius 3 is 1.62 bits per heavy atom. The molecule has 1 spiro atoms. The molecule has 0 atom stereocenters. The maximum atomic E-state index is 10.1. The smallest absolute Gasteiger partial charge is 0.456 e. The molecule has 0 radical (unpaired) electrons. The van der Waals surface area contributed by atoms with E-state index in [9.17, 15) is 10.0 Å². The Labute approximate surface area is 262 Å². The first-order chi connectivity index (χ1) is 22.2. The Bertz CT molecular complexity index is 2370. The molecule has 7 aromatic carbocycles. The van der Waals surface area contributed by atoms with Gasteiger partial charge >= 0.3 is 7.12 Å². The molecule has 0 fully saturated rings. The van der Waals surface area contributed by atoms with Crippen molar-refractivity contribution in [1.29, 1.82) is 0 Å². The fraction of sp³-hybridized carbons (Fsp3) is 0.122. The SMILES string of the molecule is CC.CC.OB(O)c1ccc2c3cc4c(cc3c3cccc5oc1c2c53)C1(c2ccccc2-c2ccccc21)c1ccccc1-4. The van der Waals surface area contributed by atoms with Crippen LogP contribution in [-0.4, -0.2) is 17.2 Å². The largest absolute Gasteiger partial charge is 0.492 e. The average molecular weight is 585 g/mol. The van der Waals surface area contributed by atoms with Crippen molar-refractivity contribution >= 4 is 56.1 Å². The highest BCUT2D eigenvalue weighted by molar-refractivity contribution is 6.62. The van der Waals surface area contributed by atoms with E-state index in [1.54, 1.807) is 6.07 Å². The lowest BCUT2D eigenvalue weighted by Gasteiger charge is -2.30. The van der Waals surface area contributed by atoms with Gasteiger partial charge in [0.05, 0.1) is 5.41 Å². The van der Waals surface area contributed by atoms with Gasteiger partial charge < -0.3 is 14.5 Å². The van der Waals surface area contributed by atoms with Crippen molar-refractivity contribution in [2.45, 2.75) is 33.1 Å². The van der Waals surface area contributed by atoms with E-state index in [2.05, 4.69) is 91.0 Å². The average Bonchev–Trinajstić information content (AvgIpc) is 3.73. The summed E-state index contributed by atoms with van der Waals surface area (Å²) < 4.78 is 6.30. The van der Waals surface area contributed by atoms with Gasteiger partial charge in [0.15, 0.2) is 0 Å². The molecule has 218 valence electrons. The molecule has 4 heteroatoms. The van der Waals surface area contributed by atoms with Crippen molar-refractivity contribution in [1.82, 2.24) is 0 Å². The zero-order chi connectivity index (χ0) is 31.0. The molecule has 2 aliphatic rings. The lowest BCUT2D eigenvalue weighted by atomic mass is 9.70. The van der Waals surface area contributed by atoms with Gasteiger partial charge in [-0.15, -0.1) is 0 Å². The monoisotopic (exact) mass is 584 g/mol. The predicted molar refractivity (Wildman–Crippen MR) is 189 cm³/mol. The van der Waals surface area contributed by atoms with E-state index in [0.29, 0.717) is 11.0 Å². The topological polar surface area (TPSA) is 53.6 Å². The predicted octanol–water partition coefficient (Wildman–Crippen LogP) is 9.41. The summed E-state index contributed by atoms with van der Waals surface area (Å²) in [5.74, 6) is 0. The minimum absolute atomic E-state index is 0.388. The number of rotatable bonds is 1. The van der Waals surface area contributed by atoms with Crippen LogP contribution in [0.15, 0.2) is 120 Å². The summed E-state index contributed by atoms with van der Waals surface area (Å²) in [6.07, 6.45) is 0. The maximum Gasteiger partial charge on any atom is 0.492 e. The minimum Gasteiger partial charge on any atom is -0.456 e. The van der Waals surface area contributed by atoms with Gasteiger partial charge in [0.1, 0.15) is 11.2 Å². The molecular formula is C41H33BO3. The van der Waals surface area contributed by atoms with Crippen molar-refractivity contribution in [3.05, 3.63) is 138 Å². The van der Waals surface area contributed by atoms with E-state index in [4.69, 9.17) is 4.42 Å². The summed E-state index contributed by atoms with van der Waals surface area (Å²) in [5, 5.41) is 26.7. The van der Waals surface area contributed by atoms with Gasteiger partial charge in [-0.05, 0) is 84.3 Å². The molecular weight excluding hydrogens is 551 g/mol. The zero-order valence-corrected chi connectivity index (χ0v) is 25.8. The minimum atomic E-state index is -1.61. The van der Waals surface area contributed by atoms with Gasteiger partial charge in [-0.2, -0.15) is 0 Å². The van der Waals surface area contributed by atoms with Crippen LogP contribution in [0.2, 0.25) is 0 Å². The quantitative estimate of drug-likeness (QED) is 0.149. The van der Waals surface area contributed by atoms with E-state index in [-0.39, 0.29) is 0 Å². The van der Waals surface area contributed by atoms with Crippen LogP contribution < -0.4 is 5.46 Å². The van der Waals surface area contributed by atoms with Crippen LogP contribution in [0.4, 0.5) is 0 Å². The van der Waals surface area contributed by atoms with Crippen LogP contribution in [0.25, 0.3) is 65.7 Å². The zero-order valence-electron chi connectivity index (χ0n) is 25.8. The second-order valence-corrected chi connectivity index (χ2v) is 11.4. The number of fused-ring (bicyclic) bond motifs is 13. The van der Waals surface area contributed by atoms with E-state index in [1.165, 1.54) is 49.9 Å². The summed E-state index contributed by atoms with van der Waals surface area (Å²) in [6.45, 7) is 8.00. The fourth-order valence-electron chi connectivity index (χ4n) is 8.18. The van der Waals surface area contributed by atoms with E-state index >= 15 is 0 Å². The number of hydrogen-bond acceptors (Lipinski definition) is 3. The molecule has 10 rings (SSSR count). The van der Waals surface area contributed by atoms with Gasteiger partial charge in [0.2, 0.25) is 0 Å². The lowest BCUT2D eigenvalue weighted by molar-refractivity contribution is 0.425. The molecule has 45 heavy (non-hydrogen) atoms. The van der Waals surface area contributed by atoms with Crippen LogP contribution in [-0.2, 0) is 5.41 Å².